The molecule has 0 aliphatic carbocycles. The minimum atomic E-state index is -0.998. The molecule has 2 atom stereocenters. The number of carbonyl (C=O) groups excluding carboxylic acids is 1. The van der Waals surface area contributed by atoms with Crippen LogP contribution in [0.15, 0.2) is 54.6 Å². The highest BCUT2D eigenvalue weighted by atomic mass is 35.5. The van der Waals surface area contributed by atoms with E-state index in [0.29, 0.717) is 41.6 Å². The van der Waals surface area contributed by atoms with Gasteiger partial charge in [0.25, 0.3) is 0 Å². The lowest BCUT2D eigenvalue weighted by molar-refractivity contribution is -0.164. The van der Waals surface area contributed by atoms with Gasteiger partial charge in [0.2, 0.25) is 0 Å². The Morgan fingerprint density at radius 3 is 2.53 bits per heavy atom. The van der Waals surface area contributed by atoms with E-state index in [1.54, 1.807) is 0 Å². The van der Waals surface area contributed by atoms with Crippen LogP contribution in [0.1, 0.15) is 76.8 Å². The smallest absolute Gasteiger partial charge is 0.339 e. The number of halogens is 1. The van der Waals surface area contributed by atoms with Crippen molar-refractivity contribution in [3.8, 4) is 28.1 Å². The number of anilines is 1. The molecule has 9 nitrogen and oxygen atoms in total. The molecule has 0 saturated carbocycles. The minimum Gasteiger partial charge on any atom is -0.490 e. The number of fused-ring (bicyclic) bond motifs is 7. The molecule has 1 fully saturated rings. The lowest BCUT2D eigenvalue weighted by atomic mass is 9.92. The van der Waals surface area contributed by atoms with E-state index in [9.17, 15) is 4.79 Å². The Bertz CT molecular complexity index is 1890. The third kappa shape index (κ3) is 7.49. The maximum Gasteiger partial charge on any atom is 0.339 e. The van der Waals surface area contributed by atoms with Crippen LogP contribution < -0.4 is 9.64 Å². The molecule has 49 heavy (non-hydrogen) atoms. The van der Waals surface area contributed by atoms with Gasteiger partial charge in [0.05, 0.1) is 42.3 Å². The molecule has 7 rings (SSSR count). The topological polar surface area (TPSA) is 87.4 Å². The van der Waals surface area contributed by atoms with E-state index >= 15 is 0 Å². The van der Waals surface area contributed by atoms with Gasteiger partial charge in [-0.3, -0.25) is 0 Å². The molecule has 0 amide bonds. The van der Waals surface area contributed by atoms with Gasteiger partial charge in [-0.05, 0) is 90.6 Å². The van der Waals surface area contributed by atoms with Crippen LogP contribution in [-0.2, 0) is 19.0 Å². The Kier molecular flexibility index (Phi) is 9.81. The predicted octanol–water partition coefficient (Wildman–Crippen LogP) is 8.47. The summed E-state index contributed by atoms with van der Waals surface area (Å²) in [7, 11) is 1.39. The predicted molar refractivity (Wildman–Crippen MR) is 194 cm³/mol. The fourth-order valence-electron chi connectivity index (χ4n) is 6.59. The van der Waals surface area contributed by atoms with Gasteiger partial charge in [-0.2, -0.15) is 9.61 Å². The van der Waals surface area contributed by atoms with Crippen molar-refractivity contribution in [2.75, 3.05) is 31.7 Å². The molecule has 3 aliphatic heterocycles. The SMILES string of the molecule is COC(=O)[C@@H](OC(C)(C)C)c1c(C)nc2cc3nn2c1N1CCC(C)(CC1)OCC=CC[C@H](C)Oc1cc(Cl)c(C)cc1-c1cccc-3c1. The Balaban J connectivity index is 1.56. The van der Waals surface area contributed by atoms with Gasteiger partial charge in [-0.25, -0.2) is 9.78 Å². The average Bonchev–Trinajstić information content (AvgIpc) is 3.47. The number of rotatable bonds is 3. The molecule has 6 bridgehead atoms. The quantitative estimate of drug-likeness (QED) is 0.157. The van der Waals surface area contributed by atoms with Crippen molar-refractivity contribution in [1.29, 1.82) is 0 Å². The van der Waals surface area contributed by atoms with Crippen LogP contribution in [0.2, 0.25) is 5.02 Å². The van der Waals surface area contributed by atoms with Crippen molar-refractivity contribution in [2.24, 2.45) is 0 Å². The molecule has 4 aromatic rings. The van der Waals surface area contributed by atoms with Gasteiger partial charge in [0.15, 0.2) is 11.8 Å². The molecule has 10 heteroatoms. The number of nitrogens with zero attached hydrogens (tertiary/aromatic N) is 4. The molecular weight excluding hydrogens is 640 g/mol. The van der Waals surface area contributed by atoms with Gasteiger partial charge in [-0.15, -0.1) is 0 Å². The lowest BCUT2D eigenvalue weighted by Crippen LogP contribution is -2.45. The summed E-state index contributed by atoms with van der Waals surface area (Å²) in [6.07, 6.45) is 5.44. The fourth-order valence-corrected chi connectivity index (χ4v) is 6.74. The zero-order chi connectivity index (χ0) is 35.1. The molecule has 260 valence electrons. The Labute approximate surface area is 294 Å². The first kappa shape index (κ1) is 34.9. The molecular formula is C39H47ClN4O5. The van der Waals surface area contributed by atoms with E-state index in [-0.39, 0.29) is 11.7 Å². The van der Waals surface area contributed by atoms with E-state index in [1.807, 2.05) is 63.4 Å². The fraction of sp³-hybridized carbons (Fsp3) is 0.462. The molecule has 3 aliphatic rings. The summed E-state index contributed by atoms with van der Waals surface area (Å²) in [5.74, 6) is 1.02. The van der Waals surface area contributed by atoms with E-state index in [2.05, 4.69) is 49.1 Å². The van der Waals surface area contributed by atoms with Gasteiger partial charge >= 0.3 is 5.97 Å². The van der Waals surface area contributed by atoms with Crippen molar-refractivity contribution < 1.29 is 23.7 Å². The first-order valence-electron chi connectivity index (χ1n) is 17.0. The second kappa shape index (κ2) is 13.8. The number of benzene rings is 2. The highest BCUT2D eigenvalue weighted by Crippen LogP contribution is 2.40. The number of aryl methyl sites for hydroxylation is 2. The first-order valence-corrected chi connectivity index (χ1v) is 17.4. The number of methoxy groups -OCH3 is 1. The van der Waals surface area contributed by atoms with E-state index in [0.717, 1.165) is 58.8 Å². The highest BCUT2D eigenvalue weighted by molar-refractivity contribution is 6.31. The summed E-state index contributed by atoms with van der Waals surface area (Å²) in [5, 5.41) is 5.83. The summed E-state index contributed by atoms with van der Waals surface area (Å²) in [6, 6.07) is 14.2. The Hall–Kier alpha value is -3.92. The first-order chi connectivity index (χ1) is 23.2. The van der Waals surface area contributed by atoms with Gasteiger partial charge < -0.3 is 23.8 Å². The number of piperidine rings is 1. The number of aromatic nitrogens is 3. The average molecular weight is 687 g/mol. The summed E-state index contributed by atoms with van der Waals surface area (Å²) >= 11 is 6.61. The summed E-state index contributed by atoms with van der Waals surface area (Å²) in [4.78, 5) is 20.7. The summed E-state index contributed by atoms with van der Waals surface area (Å²) in [6.45, 7) is 15.9. The molecule has 0 unspecified atom stereocenters. The monoisotopic (exact) mass is 686 g/mol. The number of hydrogen-bond donors (Lipinski definition) is 0. The van der Waals surface area contributed by atoms with Crippen molar-refractivity contribution >= 4 is 29.0 Å². The summed E-state index contributed by atoms with van der Waals surface area (Å²) in [5.41, 5.74) is 5.66. The molecule has 2 aromatic carbocycles. The van der Waals surface area contributed by atoms with Crippen molar-refractivity contribution in [1.82, 2.24) is 14.6 Å². The standard InChI is InChI=1S/C39H47ClN4O5/c1-24-20-29-27-13-11-14-28(21-27)31-23-33-41-26(3)34(35(37(45)46-8)49-38(4,5)6)36(44(33)42-31)43-17-15-39(7,16-18-43)47-19-10-9-12-25(2)48-32(29)22-30(24)40/h9-11,13-14,20-23,25,35H,12,15-19H2,1-8H3/t25-,35-/m0/s1. The largest absolute Gasteiger partial charge is 0.490 e. The molecule has 2 aromatic heterocycles. The lowest BCUT2D eigenvalue weighted by Gasteiger charge is -2.41. The van der Waals surface area contributed by atoms with E-state index in [4.69, 9.17) is 40.6 Å². The Morgan fingerprint density at radius 1 is 1.08 bits per heavy atom. The van der Waals surface area contributed by atoms with Crippen LogP contribution in [-0.4, -0.2) is 64.7 Å². The molecule has 0 spiro atoms. The van der Waals surface area contributed by atoms with Gasteiger partial charge in [0, 0.05) is 47.4 Å². The van der Waals surface area contributed by atoms with Crippen molar-refractivity contribution in [3.05, 3.63) is 76.5 Å². The van der Waals surface area contributed by atoms with Crippen LogP contribution in [0, 0.1) is 13.8 Å². The normalized spacial score (nSPS) is 20.6. The van der Waals surface area contributed by atoms with Crippen LogP contribution in [0.3, 0.4) is 0 Å². The van der Waals surface area contributed by atoms with E-state index < -0.39 is 17.7 Å². The third-order valence-corrected chi connectivity index (χ3v) is 9.70. The Morgan fingerprint density at radius 2 is 1.82 bits per heavy atom. The molecule has 1 saturated heterocycles. The maximum absolute atomic E-state index is 13.4. The zero-order valence-corrected chi connectivity index (χ0v) is 30.6. The summed E-state index contributed by atoms with van der Waals surface area (Å²) < 4.78 is 26.5. The van der Waals surface area contributed by atoms with Crippen LogP contribution >= 0.6 is 11.6 Å². The second-order valence-corrected chi connectivity index (χ2v) is 14.8. The minimum absolute atomic E-state index is 0.0715. The van der Waals surface area contributed by atoms with E-state index in [1.165, 1.54) is 7.11 Å². The zero-order valence-electron chi connectivity index (χ0n) is 29.8. The van der Waals surface area contributed by atoms with Crippen molar-refractivity contribution in [3.63, 3.8) is 0 Å². The second-order valence-electron chi connectivity index (χ2n) is 14.4. The number of ether oxygens (including phenoxy) is 4. The number of esters is 1. The van der Waals surface area contributed by atoms with Crippen molar-refractivity contribution in [2.45, 2.75) is 91.1 Å². The highest BCUT2D eigenvalue weighted by Gasteiger charge is 2.38. The molecule has 0 radical (unpaired) electrons. The van der Waals surface area contributed by atoms with Crippen LogP contribution in [0.4, 0.5) is 5.82 Å². The number of carbonyl (C=O) groups is 1. The number of hydrogen-bond acceptors (Lipinski definition) is 8. The van der Waals surface area contributed by atoms with Gasteiger partial charge in [-0.1, -0.05) is 42.0 Å². The van der Waals surface area contributed by atoms with Crippen LogP contribution in [0.5, 0.6) is 5.75 Å². The third-order valence-electron chi connectivity index (χ3n) is 9.29. The van der Waals surface area contributed by atoms with Gasteiger partial charge in [0.1, 0.15) is 11.6 Å². The van der Waals surface area contributed by atoms with Crippen LogP contribution in [0.25, 0.3) is 28.0 Å². The molecule has 0 N–H and O–H groups in total. The maximum atomic E-state index is 13.4. The molecule has 5 heterocycles.